The number of hydrogen-bond acceptors (Lipinski definition) is 2. The molecule has 0 aliphatic heterocycles. The van der Waals surface area contributed by atoms with E-state index in [0.29, 0.717) is 11.7 Å². The van der Waals surface area contributed by atoms with Gasteiger partial charge in [-0.05, 0) is 37.3 Å². The number of nitrogens with one attached hydrogen (secondary N) is 1. The summed E-state index contributed by atoms with van der Waals surface area (Å²) in [6, 6.07) is 7.01. The molecule has 1 aromatic rings. The molecule has 0 heterocycles. The zero-order chi connectivity index (χ0) is 11.5. The average molecular weight is 218 g/mol. The molecule has 1 saturated carbocycles. The van der Waals surface area contributed by atoms with Crippen LogP contribution in [0.2, 0.25) is 0 Å². The van der Waals surface area contributed by atoms with E-state index in [0.717, 1.165) is 18.8 Å². The molecule has 1 fully saturated rings. The summed E-state index contributed by atoms with van der Waals surface area (Å²) in [6.45, 7) is 2.22. The first-order chi connectivity index (χ1) is 7.70. The lowest BCUT2D eigenvalue weighted by Crippen LogP contribution is -2.16. The molecule has 2 unspecified atom stereocenters. The van der Waals surface area contributed by atoms with Crippen LogP contribution in [0.4, 0.5) is 10.1 Å². The fourth-order valence-electron chi connectivity index (χ4n) is 2.32. The highest BCUT2D eigenvalue weighted by molar-refractivity contribution is 5.58. The van der Waals surface area contributed by atoms with Gasteiger partial charge in [-0.2, -0.15) is 5.26 Å². The Morgan fingerprint density at radius 3 is 2.88 bits per heavy atom. The van der Waals surface area contributed by atoms with E-state index in [1.807, 2.05) is 6.07 Å². The first kappa shape index (κ1) is 10.9. The Labute approximate surface area is 95.1 Å². The van der Waals surface area contributed by atoms with Crippen LogP contribution in [0.15, 0.2) is 18.2 Å². The minimum Gasteiger partial charge on any atom is -0.381 e. The lowest BCUT2D eigenvalue weighted by atomic mass is 10.1. The molecule has 0 aromatic heterocycles. The van der Waals surface area contributed by atoms with E-state index in [4.69, 9.17) is 5.26 Å². The Morgan fingerprint density at radius 1 is 1.44 bits per heavy atom. The van der Waals surface area contributed by atoms with Crippen molar-refractivity contribution < 1.29 is 4.39 Å². The summed E-state index contributed by atoms with van der Waals surface area (Å²) in [5.41, 5.74) is 0.753. The summed E-state index contributed by atoms with van der Waals surface area (Å²) in [4.78, 5) is 0. The van der Waals surface area contributed by atoms with Crippen molar-refractivity contribution in [3.8, 4) is 6.07 Å². The zero-order valence-electron chi connectivity index (χ0n) is 9.33. The smallest absolute Gasteiger partial charge is 0.143 e. The van der Waals surface area contributed by atoms with Crippen LogP contribution in [0, 0.1) is 23.1 Å². The first-order valence-corrected chi connectivity index (χ1v) is 5.66. The number of hydrogen-bond donors (Lipinski definition) is 1. The molecule has 2 rings (SSSR count). The summed E-state index contributed by atoms with van der Waals surface area (Å²) in [5.74, 6) is 0.273. The molecule has 0 amide bonds. The van der Waals surface area contributed by atoms with Crippen molar-refractivity contribution in [3.63, 3.8) is 0 Å². The first-order valence-electron chi connectivity index (χ1n) is 5.66. The monoisotopic (exact) mass is 218 g/mol. The lowest BCUT2D eigenvalue weighted by Gasteiger charge is -2.15. The van der Waals surface area contributed by atoms with Crippen molar-refractivity contribution in [3.05, 3.63) is 29.6 Å². The Kier molecular flexibility index (Phi) is 3.09. The van der Waals surface area contributed by atoms with Crippen molar-refractivity contribution in [1.82, 2.24) is 0 Å². The standard InChI is InChI=1S/C13H15FN2/c1-9-5-6-10(7-9)16-13-4-2-3-12(14)11(13)8-15/h2-4,9-10,16H,5-7H2,1H3. The largest absolute Gasteiger partial charge is 0.381 e. The van der Waals surface area contributed by atoms with Crippen molar-refractivity contribution in [1.29, 1.82) is 5.26 Å². The van der Waals surface area contributed by atoms with Gasteiger partial charge in [0.15, 0.2) is 0 Å². The van der Waals surface area contributed by atoms with E-state index in [9.17, 15) is 4.39 Å². The van der Waals surface area contributed by atoms with E-state index in [-0.39, 0.29) is 5.56 Å². The maximum Gasteiger partial charge on any atom is 0.143 e. The highest BCUT2D eigenvalue weighted by Crippen LogP contribution is 2.28. The molecule has 0 saturated heterocycles. The van der Waals surface area contributed by atoms with Crippen LogP contribution in [0.3, 0.4) is 0 Å². The van der Waals surface area contributed by atoms with Gasteiger partial charge in [-0.25, -0.2) is 4.39 Å². The Morgan fingerprint density at radius 2 is 2.25 bits per heavy atom. The maximum absolute atomic E-state index is 13.3. The predicted octanol–water partition coefficient (Wildman–Crippen LogP) is 3.30. The second-order valence-corrected chi connectivity index (χ2v) is 4.53. The van der Waals surface area contributed by atoms with E-state index in [1.54, 1.807) is 12.1 Å². The quantitative estimate of drug-likeness (QED) is 0.826. The molecule has 0 radical (unpaired) electrons. The number of nitrogens with zero attached hydrogens (tertiary/aromatic N) is 1. The van der Waals surface area contributed by atoms with Crippen molar-refractivity contribution in [2.24, 2.45) is 5.92 Å². The number of nitriles is 1. The fourth-order valence-corrected chi connectivity index (χ4v) is 2.32. The van der Waals surface area contributed by atoms with Crippen LogP contribution in [0.5, 0.6) is 0 Å². The van der Waals surface area contributed by atoms with Gasteiger partial charge in [0.05, 0.1) is 5.69 Å². The summed E-state index contributed by atoms with van der Waals surface area (Å²) in [6.07, 6.45) is 3.40. The van der Waals surface area contributed by atoms with Crippen LogP contribution in [-0.2, 0) is 0 Å². The molecule has 1 aliphatic rings. The maximum atomic E-state index is 13.3. The summed E-state index contributed by atoms with van der Waals surface area (Å²) in [7, 11) is 0. The third-order valence-corrected chi connectivity index (χ3v) is 3.18. The predicted molar refractivity (Wildman–Crippen MR) is 61.5 cm³/mol. The van der Waals surface area contributed by atoms with Gasteiger partial charge in [0.2, 0.25) is 0 Å². The summed E-state index contributed by atoms with van der Waals surface area (Å²) >= 11 is 0. The summed E-state index contributed by atoms with van der Waals surface area (Å²) in [5, 5.41) is 12.2. The molecule has 84 valence electrons. The molecule has 1 aromatic carbocycles. The Balaban J connectivity index is 2.16. The van der Waals surface area contributed by atoms with E-state index < -0.39 is 5.82 Å². The number of rotatable bonds is 2. The van der Waals surface area contributed by atoms with Gasteiger partial charge in [0, 0.05) is 6.04 Å². The second kappa shape index (κ2) is 4.52. The SMILES string of the molecule is CC1CCC(Nc2cccc(F)c2C#N)C1. The van der Waals surface area contributed by atoms with Crippen LogP contribution in [0.25, 0.3) is 0 Å². The lowest BCUT2D eigenvalue weighted by molar-refractivity contribution is 0.602. The van der Waals surface area contributed by atoms with Crippen molar-refractivity contribution in [2.75, 3.05) is 5.32 Å². The Bertz CT molecular complexity index is 422. The minimum atomic E-state index is -0.446. The highest BCUT2D eigenvalue weighted by atomic mass is 19.1. The molecular formula is C13H15FN2. The molecule has 0 bridgehead atoms. The molecule has 3 heteroatoms. The van der Waals surface area contributed by atoms with Crippen LogP contribution in [0.1, 0.15) is 31.7 Å². The molecule has 1 aliphatic carbocycles. The molecular weight excluding hydrogens is 203 g/mol. The zero-order valence-corrected chi connectivity index (χ0v) is 9.33. The summed E-state index contributed by atoms with van der Waals surface area (Å²) < 4.78 is 13.3. The number of halogens is 1. The van der Waals surface area contributed by atoms with Gasteiger partial charge in [-0.3, -0.25) is 0 Å². The van der Waals surface area contributed by atoms with Crippen molar-refractivity contribution >= 4 is 5.69 Å². The Hall–Kier alpha value is -1.56. The van der Waals surface area contributed by atoms with Gasteiger partial charge < -0.3 is 5.32 Å². The van der Waals surface area contributed by atoms with Crippen LogP contribution in [-0.4, -0.2) is 6.04 Å². The van der Waals surface area contributed by atoms with Crippen molar-refractivity contribution in [2.45, 2.75) is 32.2 Å². The van der Waals surface area contributed by atoms with E-state index in [2.05, 4.69) is 12.2 Å². The van der Waals surface area contributed by atoms with Gasteiger partial charge in [0.25, 0.3) is 0 Å². The van der Waals surface area contributed by atoms with Gasteiger partial charge in [0.1, 0.15) is 17.4 Å². The third-order valence-electron chi connectivity index (χ3n) is 3.18. The average Bonchev–Trinajstić information content (AvgIpc) is 2.64. The fraction of sp³-hybridized carbons (Fsp3) is 0.462. The topological polar surface area (TPSA) is 35.8 Å². The van der Waals surface area contributed by atoms with Crippen LogP contribution >= 0.6 is 0 Å². The van der Waals surface area contributed by atoms with E-state index in [1.165, 1.54) is 12.5 Å². The van der Waals surface area contributed by atoms with Gasteiger partial charge >= 0.3 is 0 Å². The third kappa shape index (κ3) is 2.16. The van der Waals surface area contributed by atoms with Gasteiger partial charge in [-0.15, -0.1) is 0 Å². The number of benzene rings is 1. The number of anilines is 1. The van der Waals surface area contributed by atoms with Gasteiger partial charge in [-0.1, -0.05) is 13.0 Å². The molecule has 2 atom stereocenters. The molecule has 16 heavy (non-hydrogen) atoms. The molecule has 1 N–H and O–H groups in total. The molecule has 2 nitrogen and oxygen atoms in total. The minimum absolute atomic E-state index is 0.127. The molecule has 0 spiro atoms. The van der Waals surface area contributed by atoms with Crippen LogP contribution < -0.4 is 5.32 Å². The van der Waals surface area contributed by atoms with E-state index >= 15 is 0 Å². The highest BCUT2D eigenvalue weighted by Gasteiger charge is 2.22. The second-order valence-electron chi connectivity index (χ2n) is 4.53. The normalized spacial score (nSPS) is 24.1.